The van der Waals surface area contributed by atoms with E-state index in [0.29, 0.717) is 32.5 Å². The van der Waals surface area contributed by atoms with E-state index in [-0.39, 0.29) is 17.7 Å². The van der Waals surface area contributed by atoms with Gasteiger partial charge >= 0.3 is 6.03 Å². The summed E-state index contributed by atoms with van der Waals surface area (Å²) in [7, 11) is 1.62. The van der Waals surface area contributed by atoms with E-state index < -0.39 is 0 Å². The Kier molecular flexibility index (Phi) is 6.12. The standard InChI is InChI=1S/C22H26N2O3/c1-16-7-9-17(10-8-16)21(25)18-11-13-24(14-12-18)22(26)23-15-19-5-3-4-6-20(19)27-2/h3-10,18H,11-15H2,1-2H3,(H,23,26). The van der Waals surface area contributed by atoms with Crippen molar-refractivity contribution in [1.29, 1.82) is 0 Å². The van der Waals surface area contributed by atoms with Crippen LogP contribution in [0.15, 0.2) is 48.5 Å². The third-order valence-electron chi connectivity index (χ3n) is 5.11. The van der Waals surface area contributed by atoms with Gasteiger partial charge in [0, 0.05) is 36.7 Å². The number of methoxy groups -OCH3 is 1. The number of likely N-dealkylation sites (tertiary alicyclic amines) is 1. The second-order valence-electron chi connectivity index (χ2n) is 6.96. The summed E-state index contributed by atoms with van der Waals surface area (Å²) in [6, 6.07) is 15.3. The highest BCUT2D eigenvalue weighted by Gasteiger charge is 2.27. The molecule has 5 nitrogen and oxygen atoms in total. The number of urea groups is 1. The number of piperidine rings is 1. The van der Waals surface area contributed by atoms with Gasteiger partial charge in [0.25, 0.3) is 0 Å². The first-order chi connectivity index (χ1) is 13.1. The molecule has 0 atom stereocenters. The summed E-state index contributed by atoms with van der Waals surface area (Å²) < 4.78 is 5.31. The second kappa shape index (κ2) is 8.71. The predicted molar refractivity (Wildman–Crippen MR) is 105 cm³/mol. The van der Waals surface area contributed by atoms with Crippen molar-refractivity contribution in [3.05, 3.63) is 65.2 Å². The summed E-state index contributed by atoms with van der Waals surface area (Å²) in [5.41, 5.74) is 2.85. The van der Waals surface area contributed by atoms with E-state index in [0.717, 1.165) is 22.4 Å². The molecule has 0 saturated carbocycles. The lowest BCUT2D eigenvalue weighted by molar-refractivity contribution is 0.0854. The molecule has 2 aromatic rings. The fraction of sp³-hybridized carbons (Fsp3) is 0.364. The van der Waals surface area contributed by atoms with Gasteiger partial charge < -0.3 is 15.0 Å². The van der Waals surface area contributed by atoms with E-state index in [1.807, 2.05) is 55.5 Å². The van der Waals surface area contributed by atoms with Crippen LogP contribution in [0.4, 0.5) is 4.79 Å². The number of amides is 2. The minimum Gasteiger partial charge on any atom is -0.496 e. The third-order valence-corrected chi connectivity index (χ3v) is 5.11. The van der Waals surface area contributed by atoms with E-state index in [4.69, 9.17) is 4.74 Å². The molecule has 142 valence electrons. The molecule has 2 amide bonds. The van der Waals surface area contributed by atoms with Crippen LogP contribution in [0, 0.1) is 12.8 Å². The molecule has 0 radical (unpaired) electrons. The van der Waals surface area contributed by atoms with Crippen molar-refractivity contribution in [2.45, 2.75) is 26.3 Å². The van der Waals surface area contributed by atoms with Crippen LogP contribution < -0.4 is 10.1 Å². The van der Waals surface area contributed by atoms with Gasteiger partial charge in [-0.3, -0.25) is 4.79 Å². The first kappa shape index (κ1) is 19.0. The lowest BCUT2D eigenvalue weighted by Crippen LogP contribution is -2.45. The van der Waals surface area contributed by atoms with Gasteiger partial charge in [0.2, 0.25) is 0 Å². The molecule has 0 bridgehead atoms. The van der Waals surface area contributed by atoms with E-state index in [1.54, 1.807) is 12.0 Å². The predicted octanol–water partition coefficient (Wildman–Crippen LogP) is 3.81. The first-order valence-corrected chi connectivity index (χ1v) is 9.34. The largest absolute Gasteiger partial charge is 0.496 e. The number of nitrogens with zero attached hydrogens (tertiary/aromatic N) is 1. The number of carbonyl (C=O) groups is 2. The highest BCUT2D eigenvalue weighted by molar-refractivity contribution is 5.98. The average Bonchev–Trinajstić information content (AvgIpc) is 2.72. The van der Waals surface area contributed by atoms with Gasteiger partial charge in [0.1, 0.15) is 5.75 Å². The Morgan fingerprint density at radius 1 is 1.07 bits per heavy atom. The minimum absolute atomic E-state index is 0.00836. The quantitative estimate of drug-likeness (QED) is 0.819. The molecule has 1 aliphatic heterocycles. The van der Waals surface area contributed by atoms with Crippen molar-refractivity contribution in [3.63, 3.8) is 0 Å². The fourth-order valence-corrected chi connectivity index (χ4v) is 3.43. The van der Waals surface area contributed by atoms with E-state index >= 15 is 0 Å². The third kappa shape index (κ3) is 4.67. The van der Waals surface area contributed by atoms with Crippen molar-refractivity contribution in [2.24, 2.45) is 5.92 Å². The first-order valence-electron chi connectivity index (χ1n) is 9.34. The maximum absolute atomic E-state index is 12.6. The summed E-state index contributed by atoms with van der Waals surface area (Å²) in [6.45, 7) is 3.63. The average molecular weight is 366 g/mol. The lowest BCUT2D eigenvalue weighted by Gasteiger charge is -2.31. The smallest absolute Gasteiger partial charge is 0.317 e. The molecule has 27 heavy (non-hydrogen) atoms. The van der Waals surface area contributed by atoms with Gasteiger partial charge in [-0.2, -0.15) is 0 Å². The number of ketones is 1. The Bertz CT molecular complexity index is 793. The van der Waals surface area contributed by atoms with Crippen molar-refractivity contribution < 1.29 is 14.3 Å². The normalized spacial score (nSPS) is 14.7. The van der Waals surface area contributed by atoms with Gasteiger partial charge in [-0.1, -0.05) is 48.0 Å². The Labute approximate surface area is 160 Å². The molecule has 2 aromatic carbocycles. The zero-order valence-electron chi connectivity index (χ0n) is 15.9. The summed E-state index contributed by atoms with van der Waals surface area (Å²) in [5.74, 6) is 0.940. The van der Waals surface area contributed by atoms with Crippen LogP contribution >= 0.6 is 0 Å². The fourth-order valence-electron chi connectivity index (χ4n) is 3.43. The summed E-state index contributed by atoms with van der Waals surface area (Å²) in [5, 5.41) is 2.95. The maximum atomic E-state index is 12.6. The number of para-hydroxylation sites is 1. The summed E-state index contributed by atoms with van der Waals surface area (Å²) in [4.78, 5) is 26.9. The number of hydrogen-bond donors (Lipinski definition) is 1. The highest BCUT2D eigenvalue weighted by atomic mass is 16.5. The molecule has 1 fully saturated rings. The van der Waals surface area contributed by atoms with Crippen molar-refractivity contribution in [2.75, 3.05) is 20.2 Å². The summed E-state index contributed by atoms with van der Waals surface area (Å²) in [6.07, 6.45) is 1.41. The molecule has 5 heteroatoms. The summed E-state index contributed by atoms with van der Waals surface area (Å²) >= 11 is 0. The number of rotatable bonds is 5. The molecule has 0 aromatic heterocycles. The Morgan fingerprint density at radius 2 is 1.74 bits per heavy atom. The molecular formula is C22H26N2O3. The number of carbonyl (C=O) groups excluding carboxylic acids is 2. The van der Waals surface area contributed by atoms with Crippen LogP contribution in [0.1, 0.15) is 34.3 Å². The number of ether oxygens (including phenoxy) is 1. The molecule has 3 rings (SSSR count). The lowest BCUT2D eigenvalue weighted by atomic mass is 9.89. The number of aryl methyl sites for hydroxylation is 1. The molecule has 1 saturated heterocycles. The van der Waals surface area contributed by atoms with E-state index in [1.165, 1.54) is 0 Å². The van der Waals surface area contributed by atoms with E-state index in [2.05, 4.69) is 5.32 Å². The Morgan fingerprint density at radius 3 is 2.41 bits per heavy atom. The minimum atomic E-state index is -0.0952. The molecule has 0 aliphatic carbocycles. The van der Waals surface area contributed by atoms with Crippen LogP contribution in [0.3, 0.4) is 0 Å². The SMILES string of the molecule is COc1ccccc1CNC(=O)N1CCC(C(=O)c2ccc(C)cc2)CC1. The molecule has 1 heterocycles. The van der Waals surface area contributed by atoms with Gasteiger partial charge in [0.05, 0.1) is 7.11 Å². The van der Waals surface area contributed by atoms with Crippen molar-refractivity contribution >= 4 is 11.8 Å². The topological polar surface area (TPSA) is 58.6 Å². The van der Waals surface area contributed by atoms with Crippen LogP contribution in [0.5, 0.6) is 5.75 Å². The highest BCUT2D eigenvalue weighted by Crippen LogP contribution is 2.22. The monoisotopic (exact) mass is 366 g/mol. The number of nitrogens with one attached hydrogen (secondary N) is 1. The molecular weight excluding hydrogens is 340 g/mol. The molecule has 1 aliphatic rings. The Balaban J connectivity index is 1.50. The van der Waals surface area contributed by atoms with Crippen LogP contribution in [0.25, 0.3) is 0 Å². The van der Waals surface area contributed by atoms with Crippen molar-refractivity contribution in [1.82, 2.24) is 10.2 Å². The number of Topliss-reactive ketones (excluding diaryl/α,β-unsaturated/α-hetero) is 1. The zero-order valence-corrected chi connectivity index (χ0v) is 15.9. The number of benzene rings is 2. The van der Waals surface area contributed by atoms with Crippen LogP contribution in [0.2, 0.25) is 0 Å². The maximum Gasteiger partial charge on any atom is 0.317 e. The molecule has 0 spiro atoms. The van der Waals surface area contributed by atoms with Crippen LogP contribution in [-0.4, -0.2) is 36.9 Å². The van der Waals surface area contributed by atoms with Gasteiger partial charge in [-0.15, -0.1) is 0 Å². The Hall–Kier alpha value is -2.82. The second-order valence-corrected chi connectivity index (χ2v) is 6.96. The van der Waals surface area contributed by atoms with E-state index in [9.17, 15) is 9.59 Å². The number of hydrogen-bond acceptors (Lipinski definition) is 3. The van der Waals surface area contributed by atoms with Gasteiger partial charge in [-0.05, 0) is 25.8 Å². The van der Waals surface area contributed by atoms with Gasteiger partial charge in [0.15, 0.2) is 5.78 Å². The van der Waals surface area contributed by atoms with Crippen LogP contribution in [-0.2, 0) is 6.54 Å². The molecule has 0 unspecified atom stereocenters. The van der Waals surface area contributed by atoms with Crippen molar-refractivity contribution in [3.8, 4) is 5.75 Å². The zero-order chi connectivity index (χ0) is 19.2. The molecule has 1 N–H and O–H groups in total. The van der Waals surface area contributed by atoms with Gasteiger partial charge in [-0.25, -0.2) is 4.79 Å².